The van der Waals surface area contributed by atoms with E-state index in [0.29, 0.717) is 17.3 Å². The van der Waals surface area contributed by atoms with Crippen LogP contribution in [0.5, 0.6) is 0 Å². The number of anilines is 1. The molecule has 0 bridgehead atoms. The molecule has 0 amide bonds. The molecule has 2 aromatic heterocycles. The molecule has 5 heteroatoms. The number of thiophene rings is 1. The van der Waals surface area contributed by atoms with Gasteiger partial charge in [-0.3, -0.25) is 0 Å². The van der Waals surface area contributed by atoms with Crippen molar-refractivity contribution in [2.24, 2.45) is 11.3 Å². The highest BCUT2D eigenvalue weighted by Crippen LogP contribution is 2.44. The number of aromatic nitrogens is 1. The van der Waals surface area contributed by atoms with E-state index in [2.05, 4.69) is 53.8 Å². The van der Waals surface area contributed by atoms with Gasteiger partial charge >= 0.3 is 0 Å². The second-order valence-corrected chi connectivity index (χ2v) is 9.05. The number of nitriles is 1. The molecule has 120 valence electrons. The normalized spacial score (nSPS) is 17.6. The van der Waals surface area contributed by atoms with Crippen molar-refractivity contribution in [2.45, 2.75) is 40.0 Å². The van der Waals surface area contributed by atoms with Crippen LogP contribution in [0.15, 0.2) is 15.9 Å². The number of nitrogens with two attached hydrogens (primary N) is 1. The summed E-state index contributed by atoms with van der Waals surface area (Å²) < 4.78 is 1.04. The maximum Gasteiger partial charge on any atom is 0.142 e. The monoisotopic (exact) mass is 389 g/mol. The minimum atomic E-state index is 0.249. The van der Waals surface area contributed by atoms with E-state index < -0.39 is 0 Å². The maximum absolute atomic E-state index is 9.62. The Bertz CT molecular complexity index is 796. The highest BCUT2D eigenvalue weighted by Gasteiger charge is 2.32. The van der Waals surface area contributed by atoms with Crippen molar-refractivity contribution >= 4 is 33.1 Å². The Labute approximate surface area is 149 Å². The van der Waals surface area contributed by atoms with Gasteiger partial charge in [-0.15, -0.1) is 11.3 Å². The summed E-state index contributed by atoms with van der Waals surface area (Å²) in [7, 11) is 0. The lowest BCUT2D eigenvalue weighted by Crippen LogP contribution is -2.28. The Morgan fingerprint density at radius 2 is 2.17 bits per heavy atom. The zero-order valence-corrected chi connectivity index (χ0v) is 16.0. The average Bonchev–Trinajstić information content (AvgIpc) is 2.90. The van der Waals surface area contributed by atoms with Crippen molar-refractivity contribution in [2.75, 3.05) is 5.73 Å². The lowest BCUT2D eigenvalue weighted by molar-refractivity contribution is 0.215. The Morgan fingerprint density at radius 3 is 2.74 bits per heavy atom. The van der Waals surface area contributed by atoms with Gasteiger partial charge in [0.1, 0.15) is 17.5 Å². The molecule has 2 heterocycles. The van der Waals surface area contributed by atoms with Crippen LogP contribution in [0.25, 0.3) is 10.4 Å². The zero-order chi connectivity index (χ0) is 16.8. The van der Waals surface area contributed by atoms with Crippen molar-refractivity contribution in [3.63, 3.8) is 0 Å². The van der Waals surface area contributed by atoms with Crippen LogP contribution in [0.2, 0.25) is 0 Å². The lowest BCUT2D eigenvalue weighted by Gasteiger charge is -2.35. The highest BCUT2D eigenvalue weighted by molar-refractivity contribution is 9.10. The summed E-state index contributed by atoms with van der Waals surface area (Å²) in [5, 5.41) is 11.7. The molecule has 2 aromatic rings. The second-order valence-electron chi connectivity index (χ2n) is 7.22. The number of nitrogens with zero attached hydrogens (tertiary/aromatic N) is 2. The molecule has 1 atom stereocenters. The number of nitrogen functional groups attached to an aromatic ring is 1. The van der Waals surface area contributed by atoms with Gasteiger partial charge < -0.3 is 5.73 Å². The largest absolute Gasteiger partial charge is 0.383 e. The van der Waals surface area contributed by atoms with Gasteiger partial charge in [0.25, 0.3) is 0 Å². The van der Waals surface area contributed by atoms with Gasteiger partial charge in [-0.1, -0.05) is 20.8 Å². The van der Waals surface area contributed by atoms with Crippen LogP contribution in [-0.4, -0.2) is 4.98 Å². The first-order chi connectivity index (χ1) is 10.8. The van der Waals surface area contributed by atoms with Crippen LogP contribution in [0, 0.1) is 22.7 Å². The second kappa shape index (κ2) is 5.92. The fraction of sp³-hybridized carbons (Fsp3) is 0.444. The third-order valence-electron chi connectivity index (χ3n) is 4.74. The van der Waals surface area contributed by atoms with Crippen LogP contribution < -0.4 is 5.73 Å². The topological polar surface area (TPSA) is 62.7 Å². The van der Waals surface area contributed by atoms with E-state index in [1.54, 1.807) is 11.3 Å². The number of aryl methyl sites for hydroxylation is 1. The molecule has 3 nitrogen and oxygen atoms in total. The van der Waals surface area contributed by atoms with Crippen LogP contribution >= 0.6 is 27.3 Å². The predicted molar refractivity (Wildman–Crippen MR) is 99.3 cm³/mol. The van der Waals surface area contributed by atoms with Gasteiger partial charge in [0.05, 0.1) is 0 Å². The Balaban J connectivity index is 2.21. The number of rotatable bonds is 1. The molecule has 23 heavy (non-hydrogen) atoms. The molecule has 0 aliphatic heterocycles. The summed E-state index contributed by atoms with van der Waals surface area (Å²) in [5.41, 5.74) is 10.1. The third-order valence-corrected chi connectivity index (χ3v) is 6.45. The van der Waals surface area contributed by atoms with Crippen LogP contribution in [0.3, 0.4) is 0 Å². The van der Waals surface area contributed by atoms with E-state index in [1.165, 1.54) is 5.56 Å². The smallest absolute Gasteiger partial charge is 0.142 e. The zero-order valence-electron chi connectivity index (χ0n) is 13.6. The fourth-order valence-corrected chi connectivity index (χ4v) is 4.85. The van der Waals surface area contributed by atoms with Gasteiger partial charge in [0, 0.05) is 26.0 Å². The molecule has 2 N–H and O–H groups in total. The number of pyridine rings is 1. The number of halogens is 1. The standard InChI is InChI=1S/C18H20BrN3S/c1-18(2,3)10-4-5-14-12(6-10)16(13(8-20)17(21)22-14)15-7-11(19)9-23-15/h7,9-10H,4-6H2,1-3H3,(H2,21,22). The minimum absolute atomic E-state index is 0.249. The molecule has 0 aromatic carbocycles. The van der Waals surface area contributed by atoms with E-state index in [-0.39, 0.29) is 5.41 Å². The Kier molecular flexibility index (Phi) is 4.24. The maximum atomic E-state index is 9.62. The molecule has 0 saturated heterocycles. The van der Waals surface area contributed by atoms with Gasteiger partial charge in [-0.05, 0) is 58.2 Å². The predicted octanol–water partition coefficient (Wildman–Crippen LogP) is 5.18. The first kappa shape index (κ1) is 16.5. The number of hydrogen-bond acceptors (Lipinski definition) is 4. The lowest BCUT2D eigenvalue weighted by atomic mass is 9.70. The van der Waals surface area contributed by atoms with E-state index in [4.69, 9.17) is 5.73 Å². The van der Waals surface area contributed by atoms with Gasteiger partial charge in [-0.25, -0.2) is 4.98 Å². The SMILES string of the molecule is CC(C)(C)C1CCc2nc(N)c(C#N)c(-c3cc(Br)cs3)c2C1. The van der Waals surface area contributed by atoms with Crippen molar-refractivity contribution < 1.29 is 0 Å². The quantitative estimate of drug-likeness (QED) is 0.730. The summed E-state index contributed by atoms with van der Waals surface area (Å²) in [6.45, 7) is 6.87. The number of hydrogen-bond donors (Lipinski definition) is 1. The summed E-state index contributed by atoms with van der Waals surface area (Å²) in [5.74, 6) is 0.953. The van der Waals surface area contributed by atoms with Crippen molar-refractivity contribution in [1.82, 2.24) is 4.98 Å². The van der Waals surface area contributed by atoms with Crippen LogP contribution in [0.4, 0.5) is 5.82 Å². The first-order valence-corrected chi connectivity index (χ1v) is 9.44. The summed E-state index contributed by atoms with van der Waals surface area (Å²) in [6, 6.07) is 4.35. The van der Waals surface area contributed by atoms with Crippen LogP contribution in [0.1, 0.15) is 44.0 Å². The van der Waals surface area contributed by atoms with E-state index in [1.807, 2.05) is 5.38 Å². The summed E-state index contributed by atoms with van der Waals surface area (Å²) in [4.78, 5) is 5.63. The Hall–Kier alpha value is -1.38. The van der Waals surface area contributed by atoms with Crippen molar-refractivity contribution in [3.8, 4) is 16.5 Å². The van der Waals surface area contributed by atoms with Gasteiger partial charge in [0.15, 0.2) is 0 Å². The van der Waals surface area contributed by atoms with Crippen molar-refractivity contribution in [1.29, 1.82) is 5.26 Å². The molecule has 0 spiro atoms. The highest BCUT2D eigenvalue weighted by atomic mass is 79.9. The molecule has 3 rings (SSSR count). The number of fused-ring (bicyclic) bond motifs is 1. The van der Waals surface area contributed by atoms with Crippen LogP contribution in [-0.2, 0) is 12.8 Å². The van der Waals surface area contributed by atoms with Gasteiger partial charge in [0.2, 0.25) is 0 Å². The molecule has 1 unspecified atom stereocenters. The third kappa shape index (κ3) is 3.02. The van der Waals surface area contributed by atoms with E-state index >= 15 is 0 Å². The van der Waals surface area contributed by atoms with Crippen molar-refractivity contribution in [3.05, 3.63) is 32.7 Å². The molecule has 1 aliphatic carbocycles. The van der Waals surface area contributed by atoms with E-state index in [9.17, 15) is 5.26 Å². The first-order valence-electron chi connectivity index (χ1n) is 7.77. The van der Waals surface area contributed by atoms with E-state index in [0.717, 1.165) is 39.9 Å². The fourth-order valence-electron chi connectivity index (χ4n) is 3.35. The molecule has 0 fully saturated rings. The molecule has 1 aliphatic rings. The Morgan fingerprint density at radius 1 is 1.43 bits per heavy atom. The van der Waals surface area contributed by atoms with Gasteiger partial charge in [-0.2, -0.15) is 5.26 Å². The minimum Gasteiger partial charge on any atom is -0.383 e. The summed E-state index contributed by atoms with van der Waals surface area (Å²) in [6.07, 6.45) is 3.03. The molecular formula is C18H20BrN3S. The average molecular weight is 390 g/mol. The molecular weight excluding hydrogens is 370 g/mol. The summed E-state index contributed by atoms with van der Waals surface area (Å²) >= 11 is 5.16. The molecule has 0 radical (unpaired) electrons. The molecule has 0 saturated carbocycles.